The van der Waals surface area contributed by atoms with Crippen molar-refractivity contribution in [3.8, 4) is 5.88 Å². The Morgan fingerprint density at radius 1 is 1.27 bits per heavy atom. The predicted octanol–water partition coefficient (Wildman–Crippen LogP) is 5.01. The maximum absolute atomic E-state index is 15.1. The smallest absolute Gasteiger partial charge is 0.325 e. The Bertz CT molecular complexity index is 1130. The molecule has 3 aliphatic rings. The molecule has 4 heterocycles. The number of anilines is 1. The molecule has 2 atom stereocenters. The zero-order chi connectivity index (χ0) is 26.0. The largest absolute Gasteiger partial charge is 0.480 e. The van der Waals surface area contributed by atoms with Crippen LogP contribution >= 0.6 is 0 Å². The van der Waals surface area contributed by atoms with Crippen molar-refractivity contribution in [3.63, 3.8) is 0 Å². The van der Waals surface area contributed by atoms with Gasteiger partial charge in [-0.2, -0.15) is 0 Å². The molecule has 0 amide bonds. The van der Waals surface area contributed by atoms with Crippen LogP contribution in [0.5, 0.6) is 5.88 Å². The molecule has 37 heavy (non-hydrogen) atoms. The van der Waals surface area contributed by atoms with E-state index in [2.05, 4.69) is 21.4 Å². The standard InChI is InChI=1S/C27H33F3N4O3/c28-19-14-22(25(32-15-19)37-21-8-9-21)23(26(35)36)34-13-10-18(16-34)27(29,30)11-2-1-5-20-7-6-17-4-3-12-31-24(17)33-20/h6-7,14-15,18,21,23H,1-5,8-13,16H2,(H,31,33)(H,35,36)/t18-,23?/m1/s1. The van der Waals surface area contributed by atoms with E-state index in [1.54, 1.807) is 0 Å². The van der Waals surface area contributed by atoms with Gasteiger partial charge in [-0.15, -0.1) is 0 Å². The van der Waals surface area contributed by atoms with Gasteiger partial charge in [0, 0.05) is 36.7 Å². The summed E-state index contributed by atoms with van der Waals surface area (Å²) in [5.74, 6) is -4.82. The minimum atomic E-state index is -2.92. The van der Waals surface area contributed by atoms with E-state index in [-0.39, 0.29) is 43.5 Å². The molecule has 0 aromatic carbocycles. The van der Waals surface area contributed by atoms with Crippen LogP contribution in [0.2, 0.25) is 0 Å². The molecule has 2 aliphatic heterocycles. The molecule has 5 rings (SSSR count). The van der Waals surface area contributed by atoms with E-state index in [9.17, 15) is 14.3 Å². The van der Waals surface area contributed by atoms with Crippen LogP contribution in [0.15, 0.2) is 24.4 Å². The van der Waals surface area contributed by atoms with Crippen molar-refractivity contribution in [1.82, 2.24) is 14.9 Å². The number of pyridine rings is 2. The first-order valence-corrected chi connectivity index (χ1v) is 13.2. The highest BCUT2D eigenvalue weighted by atomic mass is 19.3. The first-order chi connectivity index (χ1) is 17.8. The quantitative estimate of drug-likeness (QED) is 0.404. The van der Waals surface area contributed by atoms with Crippen molar-refractivity contribution in [2.24, 2.45) is 5.92 Å². The Balaban J connectivity index is 1.17. The van der Waals surface area contributed by atoms with Gasteiger partial charge in [0.2, 0.25) is 5.88 Å². The number of fused-ring (bicyclic) bond motifs is 1. The number of carboxylic acids is 1. The highest BCUT2D eigenvalue weighted by molar-refractivity contribution is 5.76. The van der Waals surface area contributed by atoms with E-state index >= 15 is 8.78 Å². The van der Waals surface area contributed by atoms with Crippen LogP contribution in [0.1, 0.15) is 67.8 Å². The highest BCUT2D eigenvalue weighted by Gasteiger charge is 2.46. The summed E-state index contributed by atoms with van der Waals surface area (Å²) in [4.78, 5) is 22.3. The fourth-order valence-corrected chi connectivity index (χ4v) is 5.31. The molecule has 2 aromatic rings. The van der Waals surface area contributed by atoms with Gasteiger partial charge in [0.15, 0.2) is 0 Å². The third kappa shape index (κ3) is 6.17. The summed E-state index contributed by atoms with van der Waals surface area (Å²) in [6, 6.07) is 3.85. The number of carboxylic acid groups (broad SMARTS) is 1. The monoisotopic (exact) mass is 518 g/mol. The van der Waals surface area contributed by atoms with E-state index < -0.39 is 29.7 Å². The molecule has 2 aromatic heterocycles. The van der Waals surface area contributed by atoms with E-state index in [1.807, 2.05) is 6.07 Å². The van der Waals surface area contributed by atoms with Crippen molar-refractivity contribution in [1.29, 1.82) is 0 Å². The number of aliphatic carboxylic acids is 1. The van der Waals surface area contributed by atoms with Crippen molar-refractivity contribution in [3.05, 3.63) is 47.0 Å². The lowest BCUT2D eigenvalue weighted by Gasteiger charge is -2.27. The summed E-state index contributed by atoms with van der Waals surface area (Å²) in [7, 11) is 0. The normalized spacial score (nSPS) is 20.8. The molecule has 2 N–H and O–H groups in total. The molecule has 1 saturated heterocycles. The summed E-state index contributed by atoms with van der Waals surface area (Å²) in [6.45, 7) is 1.01. The molecule has 200 valence electrons. The lowest BCUT2D eigenvalue weighted by atomic mass is 9.95. The SMILES string of the molecule is O=C(O)C(c1cc(F)cnc1OC1CC1)N1CC[C@@H](C(F)(F)CCCCc2ccc3c(n2)NCCC3)C1. The van der Waals surface area contributed by atoms with Gasteiger partial charge in [-0.05, 0) is 75.6 Å². The summed E-state index contributed by atoms with van der Waals surface area (Å²) in [5, 5.41) is 13.2. The maximum Gasteiger partial charge on any atom is 0.325 e. The van der Waals surface area contributed by atoms with E-state index in [1.165, 1.54) is 10.5 Å². The number of likely N-dealkylation sites (tertiary alicyclic amines) is 1. The lowest BCUT2D eigenvalue weighted by molar-refractivity contribution is -0.143. The number of carbonyl (C=O) groups is 1. The molecule has 0 radical (unpaired) electrons. The second kappa shape index (κ2) is 10.8. The molecular formula is C27H33F3N4O3. The number of hydrogen-bond donors (Lipinski definition) is 2. The van der Waals surface area contributed by atoms with Gasteiger partial charge < -0.3 is 15.2 Å². The topological polar surface area (TPSA) is 87.6 Å². The van der Waals surface area contributed by atoms with Crippen molar-refractivity contribution in [2.75, 3.05) is 25.0 Å². The number of hydrogen-bond acceptors (Lipinski definition) is 6. The fraction of sp³-hybridized carbons (Fsp3) is 0.593. The van der Waals surface area contributed by atoms with Gasteiger partial charge in [0.1, 0.15) is 23.8 Å². The van der Waals surface area contributed by atoms with Crippen LogP contribution in [0, 0.1) is 11.7 Å². The molecule has 10 heteroatoms. The van der Waals surface area contributed by atoms with E-state index in [0.29, 0.717) is 19.3 Å². The Morgan fingerprint density at radius 3 is 2.89 bits per heavy atom. The van der Waals surface area contributed by atoms with Gasteiger partial charge >= 0.3 is 5.97 Å². The summed E-state index contributed by atoms with van der Waals surface area (Å²) in [6.07, 6.45) is 6.18. The number of alkyl halides is 2. The van der Waals surface area contributed by atoms with Gasteiger partial charge in [-0.1, -0.05) is 6.07 Å². The predicted molar refractivity (Wildman–Crippen MR) is 131 cm³/mol. The first kappa shape index (κ1) is 25.8. The molecule has 0 bridgehead atoms. The summed E-state index contributed by atoms with van der Waals surface area (Å²) < 4.78 is 50.0. The Morgan fingerprint density at radius 2 is 2.11 bits per heavy atom. The summed E-state index contributed by atoms with van der Waals surface area (Å²) in [5.41, 5.74) is 2.18. The van der Waals surface area contributed by atoms with Crippen LogP contribution in [-0.2, 0) is 17.6 Å². The number of nitrogens with one attached hydrogen (secondary N) is 1. The Hall–Kier alpha value is -2.88. The van der Waals surface area contributed by atoms with Crippen molar-refractivity contribution >= 4 is 11.8 Å². The van der Waals surface area contributed by atoms with Crippen molar-refractivity contribution in [2.45, 2.75) is 75.9 Å². The molecule has 1 unspecified atom stereocenters. The maximum atomic E-state index is 15.1. The number of aromatic nitrogens is 2. The number of rotatable bonds is 11. The average Bonchev–Trinajstić information content (AvgIpc) is 3.56. The van der Waals surface area contributed by atoms with Crippen LogP contribution in [0.3, 0.4) is 0 Å². The van der Waals surface area contributed by atoms with Gasteiger partial charge in [0.25, 0.3) is 5.92 Å². The molecule has 1 saturated carbocycles. The molecule has 1 aliphatic carbocycles. The zero-order valence-corrected chi connectivity index (χ0v) is 20.8. The van der Waals surface area contributed by atoms with E-state index in [0.717, 1.165) is 56.0 Å². The third-order valence-corrected chi connectivity index (χ3v) is 7.50. The third-order valence-electron chi connectivity index (χ3n) is 7.50. The first-order valence-electron chi connectivity index (χ1n) is 13.2. The second-order valence-electron chi connectivity index (χ2n) is 10.4. The molecular weight excluding hydrogens is 485 g/mol. The minimum Gasteiger partial charge on any atom is -0.480 e. The highest BCUT2D eigenvalue weighted by Crippen LogP contribution is 2.41. The van der Waals surface area contributed by atoms with Crippen LogP contribution in [-0.4, -0.2) is 57.6 Å². The molecule has 2 fully saturated rings. The lowest BCUT2D eigenvalue weighted by Crippen LogP contribution is -2.36. The zero-order valence-electron chi connectivity index (χ0n) is 20.8. The van der Waals surface area contributed by atoms with E-state index in [4.69, 9.17) is 4.74 Å². The Labute approximate surface area is 214 Å². The van der Waals surface area contributed by atoms with Gasteiger partial charge in [0.05, 0.1) is 6.20 Å². The minimum absolute atomic E-state index is 0.0606. The second-order valence-corrected chi connectivity index (χ2v) is 10.4. The number of ether oxygens (including phenoxy) is 1. The fourth-order valence-electron chi connectivity index (χ4n) is 5.31. The number of aryl methyl sites for hydroxylation is 2. The number of unbranched alkanes of at least 4 members (excludes halogenated alkanes) is 1. The van der Waals surface area contributed by atoms with Gasteiger partial charge in [-0.25, -0.2) is 23.1 Å². The van der Waals surface area contributed by atoms with Crippen LogP contribution < -0.4 is 10.1 Å². The van der Waals surface area contributed by atoms with Gasteiger partial charge in [-0.3, -0.25) is 9.69 Å². The number of halogens is 3. The number of nitrogens with zero attached hydrogens (tertiary/aromatic N) is 3. The Kier molecular flexibility index (Phi) is 7.55. The van der Waals surface area contributed by atoms with Crippen LogP contribution in [0.25, 0.3) is 0 Å². The van der Waals surface area contributed by atoms with Crippen LogP contribution in [0.4, 0.5) is 19.0 Å². The average molecular weight is 519 g/mol. The summed E-state index contributed by atoms with van der Waals surface area (Å²) >= 11 is 0. The molecule has 7 nitrogen and oxygen atoms in total. The van der Waals surface area contributed by atoms with Crippen molar-refractivity contribution < 1.29 is 27.8 Å². The molecule has 0 spiro atoms.